The summed E-state index contributed by atoms with van der Waals surface area (Å²) in [6.45, 7) is -0.755. The lowest BCUT2D eigenvalue weighted by atomic mass is 9.93. The molecule has 4 N–H and O–H groups in total. The normalized spacial score (nSPS) is 12.1. The third-order valence-electron chi connectivity index (χ3n) is 5.79. The summed E-state index contributed by atoms with van der Waals surface area (Å²) in [4.78, 5) is 0. The maximum Gasteiger partial charge on any atom is 0.419 e. The van der Waals surface area contributed by atoms with E-state index in [1.165, 1.54) is 6.07 Å². The first-order valence-electron chi connectivity index (χ1n) is 11.2. The van der Waals surface area contributed by atoms with Crippen LogP contribution in [0.15, 0.2) is 72.8 Å². The van der Waals surface area contributed by atoms with Gasteiger partial charge in [0.05, 0.1) is 30.9 Å². The number of hydrogen-bond donors (Lipinski definition) is 3. The topological polar surface area (TPSA) is 75.7 Å². The van der Waals surface area contributed by atoms with Crippen molar-refractivity contribution < 1.29 is 28.1 Å². The fourth-order valence-electron chi connectivity index (χ4n) is 3.68. The van der Waals surface area contributed by atoms with Crippen molar-refractivity contribution >= 4 is 0 Å². The predicted octanol–water partition coefficient (Wildman–Crippen LogP) is 5.00. The highest BCUT2D eigenvalue weighted by Gasteiger charge is 2.35. The molecular formula is C27H30F3NO3. The highest BCUT2D eigenvalue weighted by atomic mass is 19.4. The van der Waals surface area contributed by atoms with Crippen LogP contribution in [0, 0.1) is 0 Å². The molecule has 0 aliphatic heterocycles. The summed E-state index contributed by atoms with van der Waals surface area (Å²) < 4.78 is 46.4. The number of rotatable bonds is 11. The van der Waals surface area contributed by atoms with Crippen LogP contribution < -0.4 is 10.5 Å². The Labute approximate surface area is 197 Å². The molecule has 3 aromatic carbocycles. The van der Waals surface area contributed by atoms with Crippen LogP contribution in [0.3, 0.4) is 0 Å². The van der Waals surface area contributed by atoms with Crippen LogP contribution in [0.5, 0.6) is 5.75 Å². The van der Waals surface area contributed by atoms with Crippen LogP contribution >= 0.6 is 0 Å². The second kappa shape index (κ2) is 11.5. The number of aryl methyl sites for hydroxylation is 2. The molecule has 0 heterocycles. The van der Waals surface area contributed by atoms with Crippen LogP contribution in [0.4, 0.5) is 13.2 Å². The van der Waals surface area contributed by atoms with Crippen LogP contribution in [-0.4, -0.2) is 35.6 Å². The molecule has 0 saturated heterocycles. The number of alkyl halides is 3. The maximum absolute atomic E-state index is 13.6. The highest BCUT2D eigenvalue weighted by Crippen LogP contribution is 2.37. The van der Waals surface area contributed by atoms with Crippen LogP contribution in [0.25, 0.3) is 11.1 Å². The molecule has 0 atom stereocenters. The summed E-state index contributed by atoms with van der Waals surface area (Å²) in [5, 5.41) is 18.6. The van der Waals surface area contributed by atoms with E-state index in [9.17, 15) is 23.4 Å². The zero-order valence-electron chi connectivity index (χ0n) is 18.9. The molecule has 0 aromatic heterocycles. The van der Waals surface area contributed by atoms with Gasteiger partial charge in [-0.15, -0.1) is 0 Å². The third-order valence-corrected chi connectivity index (χ3v) is 5.79. The molecule has 3 aromatic rings. The van der Waals surface area contributed by atoms with Crippen LogP contribution in [-0.2, 0) is 19.0 Å². The molecule has 0 radical (unpaired) electrons. The van der Waals surface area contributed by atoms with Crippen molar-refractivity contribution in [2.45, 2.75) is 37.4 Å². The van der Waals surface area contributed by atoms with Gasteiger partial charge in [-0.05, 0) is 60.1 Å². The van der Waals surface area contributed by atoms with Gasteiger partial charge in [0.25, 0.3) is 0 Å². The Bertz CT molecular complexity index is 1050. The Hall–Kier alpha value is -2.87. The molecule has 34 heavy (non-hydrogen) atoms. The first-order valence-corrected chi connectivity index (χ1v) is 11.2. The van der Waals surface area contributed by atoms with Crippen molar-refractivity contribution in [3.8, 4) is 16.9 Å². The lowest BCUT2D eigenvalue weighted by molar-refractivity contribution is -0.139. The third kappa shape index (κ3) is 7.06. The van der Waals surface area contributed by atoms with Crippen molar-refractivity contribution in [2.24, 2.45) is 5.73 Å². The summed E-state index contributed by atoms with van der Waals surface area (Å²) in [7, 11) is 0. The molecule has 3 rings (SSSR count). The van der Waals surface area contributed by atoms with E-state index in [0.717, 1.165) is 22.8 Å². The fourth-order valence-corrected chi connectivity index (χ4v) is 3.68. The van der Waals surface area contributed by atoms with Gasteiger partial charge in [0.15, 0.2) is 0 Å². The van der Waals surface area contributed by atoms with Crippen molar-refractivity contribution in [3.05, 3.63) is 89.5 Å². The van der Waals surface area contributed by atoms with Gasteiger partial charge in [-0.3, -0.25) is 0 Å². The van der Waals surface area contributed by atoms with E-state index >= 15 is 0 Å². The van der Waals surface area contributed by atoms with Gasteiger partial charge in [0.2, 0.25) is 0 Å². The Morgan fingerprint density at radius 2 is 1.44 bits per heavy atom. The maximum atomic E-state index is 13.6. The average molecular weight is 474 g/mol. The molecule has 4 nitrogen and oxygen atoms in total. The number of benzene rings is 3. The zero-order valence-corrected chi connectivity index (χ0v) is 18.9. The number of aliphatic hydroxyl groups is 2. The van der Waals surface area contributed by atoms with E-state index in [2.05, 4.69) is 6.07 Å². The number of halogens is 3. The van der Waals surface area contributed by atoms with E-state index in [-0.39, 0.29) is 25.2 Å². The van der Waals surface area contributed by atoms with Crippen LogP contribution in [0.1, 0.15) is 29.5 Å². The largest absolute Gasteiger partial charge is 0.493 e. The molecule has 0 spiro atoms. The van der Waals surface area contributed by atoms with Crippen molar-refractivity contribution in [1.82, 2.24) is 0 Å². The second-order valence-corrected chi connectivity index (χ2v) is 8.53. The smallest absolute Gasteiger partial charge is 0.419 e. The number of hydrogen-bond acceptors (Lipinski definition) is 4. The first kappa shape index (κ1) is 25.7. The molecule has 0 fully saturated rings. The summed E-state index contributed by atoms with van der Waals surface area (Å²) in [6.07, 6.45) is -2.97. The van der Waals surface area contributed by atoms with Crippen molar-refractivity contribution in [1.29, 1.82) is 0 Å². The first-order chi connectivity index (χ1) is 16.2. The van der Waals surface area contributed by atoms with E-state index < -0.39 is 30.5 Å². The van der Waals surface area contributed by atoms with Crippen LogP contribution in [0.2, 0.25) is 0 Å². The van der Waals surface area contributed by atoms with Gasteiger partial charge in [-0.25, -0.2) is 0 Å². The molecular weight excluding hydrogens is 443 g/mol. The summed E-state index contributed by atoms with van der Waals surface area (Å²) in [5.41, 5.74) is 7.46. The van der Waals surface area contributed by atoms with Gasteiger partial charge in [0.1, 0.15) is 5.75 Å². The van der Waals surface area contributed by atoms with E-state index in [1.807, 2.05) is 48.5 Å². The van der Waals surface area contributed by atoms with Gasteiger partial charge >= 0.3 is 6.18 Å². The monoisotopic (exact) mass is 473 g/mol. The van der Waals surface area contributed by atoms with Gasteiger partial charge in [0, 0.05) is 0 Å². The lowest BCUT2D eigenvalue weighted by Crippen LogP contribution is -2.47. The molecule has 0 unspecified atom stereocenters. The van der Waals surface area contributed by atoms with E-state index in [1.54, 1.807) is 6.07 Å². The lowest BCUT2D eigenvalue weighted by Gasteiger charge is -2.24. The van der Waals surface area contributed by atoms with Crippen molar-refractivity contribution in [3.63, 3.8) is 0 Å². The molecule has 0 aliphatic rings. The highest BCUT2D eigenvalue weighted by molar-refractivity contribution is 5.63. The summed E-state index contributed by atoms with van der Waals surface area (Å²) in [6, 6.07) is 22.0. The molecule has 0 aliphatic carbocycles. The number of ether oxygens (including phenoxy) is 1. The Kier molecular flexibility index (Phi) is 8.72. The van der Waals surface area contributed by atoms with E-state index in [4.69, 9.17) is 10.5 Å². The SMILES string of the molecule is NC(CO)(CO)CCc1ccc(OCCCc2cccc(-c3ccccc3)c2)c(C(F)(F)F)c1. The standard InChI is InChI=1S/C27H30F3NO3/c28-27(29,30)24-17-21(13-14-26(31,18-32)19-33)11-12-25(24)34-15-5-7-20-6-4-10-23(16-20)22-8-2-1-3-9-22/h1-4,6,8-12,16-17,32-33H,5,7,13-15,18-19,31H2. The Morgan fingerprint density at radius 3 is 2.12 bits per heavy atom. The number of aliphatic hydroxyl groups excluding tert-OH is 2. The quantitative estimate of drug-likeness (QED) is 0.343. The molecule has 0 saturated carbocycles. The minimum absolute atomic E-state index is 0.152. The van der Waals surface area contributed by atoms with Crippen molar-refractivity contribution in [2.75, 3.05) is 19.8 Å². The Morgan fingerprint density at radius 1 is 0.765 bits per heavy atom. The van der Waals surface area contributed by atoms with Gasteiger partial charge < -0.3 is 20.7 Å². The second-order valence-electron chi connectivity index (χ2n) is 8.53. The molecule has 182 valence electrons. The number of nitrogens with two attached hydrogens (primary N) is 1. The molecule has 7 heteroatoms. The van der Waals surface area contributed by atoms with E-state index in [0.29, 0.717) is 18.4 Å². The summed E-state index contributed by atoms with van der Waals surface area (Å²) in [5.74, 6) is -0.211. The zero-order chi connectivity index (χ0) is 24.6. The predicted molar refractivity (Wildman–Crippen MR) is 127 cm³/mol. The fraction of sp³-hybridized carbons (Fsp3) is 0.333. The molecule has 0 amide bonds. The van der Waals surface area contributed by atoms with Gasteiger partial charge in [-0.2, -0.15) is 13.2 Å². The Balaban J connectivity index is 1.61. The average Bonchev–Trinajstić information content (AvgIpc) is 2.85. The van der Waals surface area contributed by atoms with Gasteiger partial charge in [-0.1, -0.05) is 60.7 Å². The molecule has 0 bridgehead atoms. The summed E-state index contributed by atoms with van der Waals surface area (Å²) >= 11 is 0. The minimum Gasteiger partial charge on any atom is -0.493 e. The minimum atomic E-state index is -4.57.